The Morgan fingerprint density at radius 2 is 2.14 bits per heavy atom. The zero-order valence-electron chi connectivity index (χ0n) is 12.6. The van der Waals surface area contributed by atoms with Crippen molar-refractivity contribution in [3.63, 3.8) is 0 Å². The topological polar surface area (TPSA) is 81.4 Å². The third kappa shape index (κ3) is 5.14. The summed E-state index contributed by atoms with van der Waals surface area (Å²) in [5, 5.41) is 0. The Morgan fingerprint density at radius 1 is 1.43 bits per heavy atom. The van der Waals surface area contributed by atoms with Crippen LogP contribution in [0.5, 0.6) is 0 Å². The van der Waals surface area contributed by atoms with E-state index in [9.17, 15) is 8.42 Å². The minimum absolute atomic E-state index is 0.170. The maximum absolute atomic E-state index is 12.5. The summed E-state index contributed by atoms with van der Waals surface area (Å²) in [6.45, 7) is 4.29. The van der Waals surface area contributed by atoms with Gasteiger partial charge in [0.05, 0.1) is 18.0 Å². The molecule has 0 aliphatic carbocycles. The molecule has 1 unspecified atom stereocenters. The molecule has 6 heteroatoms. The van der Waals surface area contributed by atoms with Gasteiger partial charge < -0.3 is 10.5 Å². The molecule has 0 saturated carbocycles. The van der Waals surface area contributed by atoms with Gasteiger partial charge in [0.2, 0.25) is 10.0 Å². The van der Waals surface area contributed by atoms with Gasteiger partial charge in [-0.1, -0.05) is 24.8 Å². The van der Waals surface area contributed by atoms with Gasteiger partial charge >= 0.3 is 0 Å². The van der Waals surface area contributed by atoms with Crippen molar-refractivity contribution in [2.75, 3.05) is 20.3 Å². The highest BCUT2D eigenvalue weighted by atomic mass is 32.2. The molecule has 5 nitrogen and oxygen atoms in total. The molecule has 0 aromatic heterocycles. The first kappa shape index (κ1) is 17.7. The standard InChI is InChI=1S/C15H22N2O3S/c1-4-14(11-20-3)17-21(18,19)15-8-7-12(2)10-13(15)6-5-9-16/h7-8,10,14,17H,4,9,11,16H2,1-3H3. The second-order valence-electron chi connectivity index (χ2n) is 4.69. The van der Waals surface area contributed by atoms with Crippen LogP contribution in [-0.2, 0) is 14.8 Å². The highest BCUT2D eigenvalue weighted by Gasteiger charge is 2.21. The van der Waals surface area contributed by atoms with Crippen molar-refractivity contribution in [3.05, 3.63) is 29.3 Å². The molecular formula is C15H22N2O3S. The van der Waals surface area contributed by atoms with Crippen LogP contribution in [0.15, 0.2) is 23.1 Å². The zero-order chi connectivity index (χ0) is 15.9. The molecule has 0 amide bonds. The monoisotopic (exact) mass is 310 g/mol. The number of sulfonamides is 1. The lowest BCUT2D eigenvalue weighted by molar-refractivity contribution is 0.173. The van der Waals surface area contributed by atoms with E-state index in [0.29, 0.717) is 18.6 Å². The second-order valence-corrected chi connectivity index (χ2v) is 6.37. The third-order valence-corrected chi connectivity index (χ3v) is 4.51. The van der Waals surface area contributed by atoms with Gasteiger partial charge in [0.1, 0.15) is 0 Å². The van der Waals surface area contributed by atoms with Crippen LogP contribution in [0.3, 0.4) is 0 Å². The van der Waals surface area contributed by atoms with E-state index in [0.717, 1.165) is 5.56 Å². The van der Waals surface area contributed by atoms with Crippen LogP contribution < -0.4 is 10.5 Å². The van der Waals surface area contributed by atoms with Gasteiger partial charge in [0.25, 0.3) is 0 Å². The largest absolute Gasteiger partial charge is 0.383 e. The fraction of sp³-hybridized carbons (Fsp3) is 0.467. The van der Waals surface area contributed by atoms with E-state index in [1.807, 2.05) is 13.8 Å². The molecule has 0 bridgehead atoms. The first-order valence-corrected chi connectivity index (χ1v) is 8.23. The molecule has 1 aromatic carbocycles. The number of hydrogen-bond donors (Lipinski definition) is 2. The van der Waals surface area contributed by atoms with Crippen molar-refractivity contribution < 1.29 is 13.2 Å². The summed E-state index contributed by atoms with van der Waals surface area (Å²) in [6, 6.07) is 4.79. The Balaban J connectivity index is 3.18. The van der Waals surface area contributed by atoms with Crippen LogP contribution in [0.25, 0.3) is 0 Å². The maximum Gasteiger partial charge on any atom is 0.242 e. The maximum atomic E-state index is 12.5. The third-order valence-electron chi connectivity index (χ3n) is 2.93. The fourth-order valence-electron chi connectivity index (χ4n) is 1.84. The Bertz CT molecular complexity index is 630. The lowest BCUT2D eigenvalue weighted by atomic mass is 10.1. The van der Waals surface area contributed by atoms with Crippen LogP contribution in [0.4, 0.5) is 0 Å². The zero-order valence-corrected chi connectivity index (χ0v) is 13.5. The van der Waals surface area contributed by atoms with Crippen molar-refractivity contribution in [3.8, 4) is 11.8 Å². The van der Waals surface area contributed by atoms with Crippen molar-refractivity contribution >= 4 is 10.0 Å². The van der Waals surface area contributed by atoms with Crippen LogP contribution in [0.1, 0.15) is 24.5 Å². The average Bonchev–Trinajstić information content (AvgIpc) is 2.44. The average molecular weight is 310 g/mol. The normalized spacial score (nSPS) is 12.6. The lowest BCUT2D eigenvalue weighted by Gasteiger charge is -2.17. The molecule has 0 aliphatic rings. The molecule has 0 radical (unpaired) electrons. The molecule has 1 atom stereocenters. The molecule has 116 valence electrons. The van der Waals surface area contributed by atoms with Gasteiger partial charge in [0, 0.05) is 18.7 Å². The number of nitrogens with one attached hydrogen (secondary N) is 1. The van der Waals surface area contributed by atoms with Crippen molar-refractivity contribution in [2.24, 2.45) is 5.73 Å². The van der Waals surface area contributed by atoms with Crippen LogP contribution in [0.2, 0.25) is 0 Å². The van der Waals surface area contributed by atoms with E-state index < -0.39 is 10.0 Å². The first-order chi connectivity index (χ1) is 9.94. The summed E-state index contributed by atoms with van der Waals surface area (Å²) in [6.07, 6.45) is 0.642. The molecule has 1 rings (SSSR count). The summed E-state index contributed by atoms with van der Waals surface area (Å²) in [7, 11) is -2.10. The Hall–Kier alpha value is -1.39. The SMILES string of the molecule is CCC(COC)NS(=O)(=O)c1ccc(C)cc1C#CCN. The van der Waals surface area contributed by atoms with Gasteiger partial charge in [-0.2, -0.15) is 0 Å². The molecule has 1 aromatic rings. The molecule has 3 N–H and O–H groups in total. The summed E-state index contributed by atoms with van der Waals surface area (Å²) in [5.41, 5.74) is 6.76. The van der Waals surface area contributed by atoms with Gasteiger partial charge in [-0.25, -0.2) is 13.1 Å². The number of methoxy groups -OCH3 is 1. The molecule has 0 heterocycles. The molecule has 21 heavy (non-hydrogen) atoms. The van der Waals surface area contributed by atoms with E-state index in [-0.39, 0.29) is 17.5 Å². The van der Waals surface area contributed by atoms with Crippen LogP contribution >= 0.6 is 0 Å². The van der Waals surface area contributed by atoms with Gasteiger partial charge in [-0.3, -0.25) is 0 Å². The summed E-state index contributed by atoms with van der Waals surface area (Å²) in [4.78, 5) is 0.170. The molecule has 0 fully saturated rings. The second kappa shape index (κ2) is 8.15. The smallest absolute Gasteiger partial charge is 0.242 e. The summed E-state index contributed by atoms with van der Waals surface area (Å²) in [5.74, 6) is 5.52. The Labute approximate surface area is 126 Å². The predicted molar refractivity (Wildman–Crippen MR) is 83.4 cm³/mol. The number of ether oxygens (including phenoxy) is 1. The number of nitrogens with two attached hydrogens (primary N) is 1. The fourth-order valence-corrected chi connectivity index (χ4v) is 3.29. The van der Waals surface area contributed by atoms with Crippen molar-refractivity contribution in [1.82, 2.24) is 4.72 Å². The minimum atomic E-state index is -3.64. The molecular weight excluding hydrogens is 288 g/mol. The number of benzene rings is 1. The number of rotatable bonds is 6. The van der Waals surface area contributed by atoms with Gasteiger partial charge in [-0.05, 0) is 31.0 Å². The van der Waals surface area contributed by atoms with E-state index in [4.69, 9.17) is 10.5 Å². The van der Waals surface area contributed by atoms with Crippen molar-refractivity contribution in [2.45, 2.75) is 31.2 Å². The summed E-state index contributed by atoms with van der Waals surface area (Å²) < 4.78 is 32.7. The van der Waals surface area contributed by atoms with Gasteiger partial charge in [0.15, 0.2) is 0 Å². The molecule has 0 saturated heterocycles. The predicted octanol–water partition coefficient (Wildman–Crippen LogP) is 1.01. The quantitative estimate of drug-likeness (QED) is 0.768. The van der Waals surface area contributed by atoms with Gasteiger partial charge in [-0.15, -0.1) is 0 Å². The van der Waals surface area contributed by atoms with Crippen LogP contribution in [-0.4, -0.2) is 34.7 Å². The van der Waals surface area contributed by atoms with Crippen molar-refractivity contribution in [1.29, 1.82) is 0 Å². The highest BCUT2D eigenvalue weighted by Crippen LogP contribution is 2.17. The van der Waals surface area contributed by atoms with E-state index in [1.54, 1.807) is 25.3 Å². The van der Waals surface area contributed by atoms with Crippen LogP contribution in [0, 0.1) is 18.8 Å². The summed E-state index contributed by atoms with van der Waals surface area (Å²) >= 11 is 0. The molecule has 0 spiro atoms. The van der Waals surface area contributed by atoms with E-state index in [2.05, 4.69) is 16.6 Å². The highest BCUT2D eigenvalue weighted by molar-refractivity contribution is 7.89. The van der Waals surface area contributed by atoms with E-state index >= 15 is 0 Å². The number of hydrogen-bond acceptors (Lipinski definition) is 4. The Morgan fingerprint density at radius 3 is 2.71 bits per heavy atom. The van der Waals surface area contributed by atoms with E-state index in [1.165, 1.54) is 0 Å². The number of aryl methyl sites for hydroxylation is 1. The Kier molecular flexibility index (Phi) is 6.85. The molecule has 0 aliphatic heterocycles. The lowest BCUT2D eigenvalue weighted by Crippen LogP contribution is -2.37. The first-order valence-electron chi connectivity index (χ1n) is 6.75. The minimum Gasteiger partial charge on any atom is -0.383 e.